The van der Waals surface area contributed by atoms with Crippen molar-refractivity contribution in [3.63, 3.8) is 0 Å². The standard InChI is InChI=1S/C22H20ClFN6O4S/c23-22-27-8-15(24)17(29-22)6-14-13-3-11(20(14)21(26)32)4-18(13)35-9-19(31)28-16-5-12(30(33)34)2-1-10(16)7-25/h1-2,5,8,11,13-14,18,20H,3-4,6,9H2,(H2,26,32)(H,28,31)/t11-,13-,14+,18+,20-/m0/s1. The first-order valence-electron chi connectivity index (χ1n) is 10.7. The minimum absolute atomic E-state index is 0.0240. The molecular formula is C22H20ClFN6O4S. The first-order chi connectivity index (χ1) is 16.7. The van der Waals surface area contributed by atoms with Crippen LogP contribution in [0.2, 0.25) is 5.28 Å². The van der Waals surface area contributed by atoms with Crippen molar-refractivity contribution in [2.45, 2.75) is 24.5 Å². The molecule has 0 unspecified atom stereocenters. The number of thioether (sulfide) groups is 1. The van der Waals surface area contributed by atoms with Gasteiger partial charge in [-0.3, -0.25) is 19.7 Å². The number of carbonyl (C=O) groups is 2. The van der Waals surface area contributed by atoms with E-state index in [-0.39, 0.29) is 63.1 Å². The van der Waals surface area contributed by atoms with Gasteiger partial charge in [0.25, 0.3) is 5.69 Å². The molecule has 1 aromatic heterocycles. The smallest absolute Gasteiger partial charge is 0.271 e. The summed E-state index contributed by atoms with van der Waals surface area (Å²) in [5, 5.41) is 22.8. The number of primary amides is 1. The van der Waals surface area contributed by atoms with Gasteiger partial charge >= 0.3 is 0 Å². The number of aromatic nitrogens is 2. The Kier molecular flexibility index (Phi) is 7.18. The van der Waals surface area contributed by atoms with Crippen LogP contribution in [0.3, 0.4) is 0 Å². The second-order valence-electron chi connectivity index (χ2n) is 8.62. The average molecular weight is 519 g/mol. The lowest BCUT2D eigenvalue weighted by Crippen LogP contribution is -2.39. The summed E-state index contributed by atoms with van der Waals surface area (Å²) in [5.74, 6) is -2.00. The molecule has 2 amide bonds. The van der Waals surface area contributed by atoms with Crippen LogP contribution >= 0.6 is 23.4 Å². The minimum atomic E-state index is -0.607. The molecule has 2 aromatic rings. The summed E-state index contributed by atoms with van der Waals surface area (Å²) >= 11 is 7.22. The quantitative estimate of drug-likeness (QED) is 0.305. The largest absolute Gasteiger partial charge is 0.369 e. The maximum Gasteiger partial charge on any atom is 0.271 e. The number of carbonyl (C=O) groups excluding carboxylic acids is 2. The van der Waals surface area contributed by atoms with Crippen molar-refractivity contribution in [3.05, 3.63) is 56.9 Å². The molecule has 0 saturated heterocycles. The average Bonchev–Trinajstić information content (AvgIpc) is 3.38. The van der Waals surface area contributed by atoms with Crippen LogP contribution in [-0.2, 0) is 16.0 Å². The van der Waals surface area contributed by atoms with Crippen LogP contribution in [0.25, 0.3) is 0 Å². The number of nitrogens with two attached hydrogens (primary N) is 1. The van der Waals surface area contributed by atoms with E-state index in [4.69, 9.17) is 17.3 Å². The van der Waals surface area contributed by atoms with E-state index in [1.54, 1.807) is 0 Å². The molecule has 1 heterocycles. The fraction of sp³-hybridized carbons (Fsp3) is 0.409. The predicted octanol–water partition coefficient (Wildman–Crippen LogP) is 3.09. The number of nitrogens with one attached hydrogen (secondary N) is 1. The molecular weight excluding hydrogens is 499 g/mol. The summed E-state index contributed by atoms with van der Waals surface area (Å²) in [7, 11) is 0. The van der Waals surface area contributed by atoms with E-state index in [0.29, 0.717) is 6.42 Å². The number of nitrogens with zero attached hydrogens (tertiary/aromatic N) is 4. The SMILES string of the molecule is N#Cc1ccc([N+](=O)[O-])cc1NC(=O)CS[C@@H]1C[C@@H]2C[C@H]1[C@@H](Cc1nc(Cl)ncc1F)[C@H]2C(N)=O. The van der Waals surface area contributed by atoms with Gasteiger partial charge in [0, 0.05) is 23.3 Å². The fourth-order valence-corrected chi connectivity index (χ4v) is 6.84. The van der Waals surface area contributed by atoms with Gasteiger partial charge < -0.3 is 11.1 Å². The molecule has 0 radical (unpaired) electrons. The number of halogens is 2. The van der Waals surface area contributed by atoms with Crippen molar-refractivity contribution in [2.24, 2.45) is 29.4 Å². The molecule has 3 N–H and O–H groups in total. The number of fused-ring (bicyclic) bond motifs is 2. The highest BCUT2D eigenvalue weighted by Crippen LogP contribution is 2.56. The molecule has 2 saturated carbocycles. The Labute approximate surface area is 208 Å². The highest BCUT2D eigenvalue weighted by Gasteiger charge is 2.54. The summed E-state index contributed by atoms with van der Waals surface area (Å²) in [6, 6.07) is 5.52. The number of amides is 2. The summed E-state index contributed by atoms with van der Waals surface area (Å²) in [5.41, 5.74) is 5.75. The van der Waals surface area contributed by atoms with E-state index in [1.807, 2.05) is 6.07 Å². The number of nitro groups is 1. The van der Waals surface area contributed by atoms with Crippen LogP contribution in [0.5, 0.6) is 0 Å². The third-order valence-electron chi connectivity index (χ3n) is 6.69. The third-order valence-corrected chi connectivity index (χ3v) is 8.27. The Hall–Kier alpha value is -3.30. The van der Waals surface area contributed by atoms with Crippen LogP contribution in [0, 0.1) is 50.9 Å². The van der Waals surface area contributed by atoms with Crippen LogP contribution in [0.1, 0.15) is 24.1 Å². The molecule has 2 aliphatic rings. The molecule has 13 heteroatoms. The first-order valence-corrected chi connectivity index (χ1v) is 12.2. The van der Waals surface area contributed by atoms with Crippen LogP contribution in [0.15, 0.2) is 24.4 Å². The molecule has 0 aliphatic heterocycles. The molecule has 35 heavy (non-hydrogen) atoms. The summed E-state index contributed by atoms with van der Waals surface area (Å²) in [4.78, 5) is 42.8. The van der Waals surface area contributed by atoms with Gasteiger partial charge in [-0.2, -0.15) is 5.26 Å². The monoisotopic (exact) mass is 518 g/mol. The van der Waals surface area contributed by atoms with Crippen LogP contribution in [-0.4, -0.2) is 37.7 Å². The highest BCUT2D eigenvalue weighted by molar-refractivity contribution is 8.00. The first kappa shape index (κ1) is 24.8. The van der Waals surface area contributed by atoms with E-state index in [2.05, 4.69) is 15.3 Å². The molecule has 5 atom stereocenters. The van der Waals surface area contributed by atoms with Gasteiger partial charge in [0.05, 0.1) is 33.8 Å². The van der Waals surface area contributed by atoms with Gasteiger partial charge in [-0.15, -0.1) is 11.8 Å². The predicted molar refractivity (Wildman–Crippen MR) is 126 cm³/mol. The molecule has 0 spiro atoms. The van der Waals surface area contributed by atoms with Gasteiger partial charge in [0.1, 0.15) is 6.07 Å². The van der Waals surface area contributed by atoms with Gasteiger partial charge in [0.2, 0.25) is 17.1 Å². The van der Waals surface area contributed by atoms with Crippen molar-refractivity contribution in [3.8, 4) is 6.07 Å². The molecule has 10 nitrogen and oxygen atoms in total. The lowest BCUT2D eigenvalue weighted by Gasteiger charge is -2.34. The topological polar surface area (TPSA) is 165 Å². The van der Waals surface area contributed by atoms with Crippen LogP contribution < -0.4 is 11.1 Å². The van der Waals surface area contributed by atoms with Crippen molar-refractivity contribution in [2.75, 3.05) is 11.1 Å². The van der Waals surface area contributed by atoms with Crippen molar-refractivity contribution in [1.82, 2.24) is 9.97 Å². The molecule has 182 valence electrons. The summed E-state index contributed by atoms with van der Waals surface area (Å²) in [6.45, 7) is 0. The van der Waals surface area contributed by atoms with E-state index in [9.17, 15) is 29.4 Å². The molecule has 2 bridgehead atoms. The van der Waals surface area contributed by atoms with Gasteiger partial charge in [-0.05, 0) is 54.7 Å². The second kappa shape index (κ2) is 10.1. The van der Waals surface area contributed by atoms with E-state index >= 15 is 0 Å². The third kappa shape index (κ3) is 5.21. The number of rotatable bonds is 8. The number of nitro benzene ring substituents is 1. The number of non-ortho nitro benzene ring substituents is 1. The zero-order valence-electron chi connectivity index (χ0n) is 18.2. The Balaban J connectivity index is 1.44. The van der Waals surface area contributed by atoms with Gasteiger partial charge in [-0.1, -0.05) is 0 Å². The fourth-order valence-electron chi connectivity index (χ4n) is 5.30. The lowest BCUT2D eigenvalue weighted by molar-refractivity contribution is -0.384. The number of benzene rings is 1. The summed E-state index contributed by atoms with van der Waals surface area (Å²) in [6.07, 6.45) is 2.61. The van der Waals surface area contributed by atoms with Gasteiger partial charge in [0.15, 0.2) is 5.82 Å². The maximum absolute atomic E-state index is 14.3. The van der Waals surface area contributed by atoms with E-state index in [1.165, 1.54) is 23.9 Å². The Bertz CT molecular complexity index is 1240. The zero-order chi connectivity index (χ0) is 25.3. The van der Waals surface area contributed by atoms with Crippen molar-refractivity contribution < 1.29 is 18.9 Å². The number of hydrogen-bond donors (Lipinski definition) is 2. The maximum atomic E-state index is 14.3. The van der Waals surface area contributed by atoms with Crippen molar-refractivity contribution >= 4 is 46.6 Å². The number of hydrogen-bond acceptors (Lipinski definition) is 8. The van der Waals surface area contributed by atoms with Crippen molar-refractivity contribution in [1.29, 1.82) is 5.26 Å². The molecule has 2 fully saturated rings. The zero-order valence-corrected chi connectivity index (χ0v) is 19.8. The Morgan fingerprint density at radius 3 is 2.86 bits per heavy atom. The number of anilines is 1. The molecule has 4 rings (SSSR count). The minimum Gasteiger partial charge on any atom is -0.369 e. The normalized spacial score (nSPS) is 24.7. The number of nitriles is 1. The molecule has 1 aromatic carbocycles. The lowest BCUT2D eigenvalue weighted by atomic mass is 9.76. The highest BCUT2D eigenvalue weighted by atomic mass is 35.5. The summed E-state index contributed by atoms with van der Waals surface area (Å²) < 4.78 is 14.3. The van der Waals surface area contributed by atoms with E-state index < -0.39 is 28.5 Å². The molecule has 2 aliphatic carbocycles. The van der Waals surface area contributed by atoms with E-state index in [0.717, 1.165) is 18.7 Å². The Morgan fingerprint density at radius 1 is 1.40 bits per heavy atom. The second-order valence-corrected chi connectivity index (χ2v) is 10.2. The Morgan fingerprint density at radius 2 is 2.17 bits per heavy atom. The van der Waals surface area contributed by atoms with Gasteiger partial charge in [-0.25, -0.2) is 14.4 Å². The van der Waals surface area contributed by atoms with Crippen LogP contribution in [0.4, 0.5) is 15.8 Å².